The Morgan fingerprint density at radius 3 is 2.43 bits per heavy atom. The predicted octanol–water partition coefficient (Wildman–Crippen LogP) is 5.30. The Bertz CT molecular complexity index is 1010. The van der Waals surface area contributed by atoms with E-state index >= 15 is 0 Å². The third-order valence-corrected chi connectivity index (χ3v) is 4.20. The van der Waals surface area contributed by atoms with Crippen LogP contribution in [0.25, 0.3) is 0 Å². The number of carbonyl (C=O) groups is 1. The van der Waals surface area contributed by atoms with E-state index in [-0.39, 0.29) is 17.4 Å². The smallest absolute Gasteiger partial charge is 0.387 e. The van der Waals surface area contributed by atoms with E-state index in [1.54, 1.807) is 36.4 Å². The van der Waals surface area contributed by atoms with Crippen LogP contribution >= 0.6 is 0 Å². The summed E-state index contributed by atoms with van der Waals surface area (Å²) in [5.74, 6) is -0.634. The maximum atomic E-state index is 13.0. The minimum absolute atomic E-state index is 0.0599. The number of methoxy groups -OCH3 is 1. The Hall–Kier alpha value is -3.68. The Labute approximate surface area is 171 Å². The van der Waals surface area contributed by atoms with E-state index in [1.807, 2.05) is 0 Å². The van der Waals surface area contributed by atoms with E-state index in [0.29, 0.717) is 23.5 Å². The minimum atomic E-state index is -2.95. The zero-order chi connectivity index (χ0) is 21.5. The highest BCUT2D eigenvalue weighted by atomic mass is 19.3. The molecule has 0 unspecified atom stereocenters. The molecule has 0 saturated heterocycles. The predicted molar refractivity (Wildman–Crippen MR) is 108 cm³/mol. The number of alkyl halides is 2. The van der Waals surface area contributed by atoms with Crippen LogP contribution in [0.2, 0.25) is 0 Å². The van der Waals surface area contributed by atoms with Crippen molar-refractivity contribution >= 4 is 17.3 Å². The highest BCUT2D eigenvalue weighted by Gasteiger charge is 2.13. The monoisotopic (exact) mass is 416 g/mol. The Morgan fingerprint density at radius 2 is 1.73 bits per heavy atom. The van der Waals surface area contributed by atoms with Crippen LogP contribution in [0.5, 0.6) is 11.5 Å². The molecule has 0 heterocycles. The van der Waals surface area contributed by atoms with Gasteiger partial charge in [-0.3, -0.25) is 4.79 Å². The first-order valence-corrected chi connectivity index (χ1v) is 8.98. The number of hydrogen-bond donors (Lipinski definition) is 2. The molecule has 0 aliphatic heterocycles. The summed E-state index contributed by atoms with van der Waals surface area (Å²) >= 11 is 0. The molecule has 5 nitrogen and oxygen atoms in total. The summed E-state index contributed by atoms with van der Waals surface area (Å²) in [6, 6.07) is 16.9. The first-order valence-electron chi connectivity index (χ1n) is 8.98. The van der Waals surface area contributed by atoms with Crippen molar-refractivity contribution in [1.82, 2.24) is 0 Å². The average Bonchev–Trinajstić information content (AvgIpc) is 2.74. The molecule has 3 rings (SSSR count). The molecule has 0 radical (unpaired) electrons. The quantitative estimate of drug-likeness (QED) is 0.523. The summed E-state index contributed by atoms with van der Waals surface area (Å²) in [7, 11) is 1.36. The number of rotatable bonds is 8. The molecule has 2 N–H and O–H groups in total. The van der Waals surface area contributed by atoms with E-state index in [2.05, 4.69) is 15.4 Å². The first kappa shape index (κ1) is 21.0. The summed E-state index contributed by atoms with van der Waals surface area (Å²) in [4.78, 5) is 12.6. The van der Waals surface area contributed by atoms with Gasteiger partial charge in [0, 0.05) is 17.9 Å². The lowest BCUT2D eigenvalue weighted by atomic mass is 10.1. The normalized spacial score (nSPS) is 10.6. The summed E-state index contributed by atoms with van der Waals surface area (Å²) in [5.41, 5.74) is 2.17. The van der Waals surface area contributed by atoms with Gasteiger partial charge in [0.05, 0.1) is 12.7 Å². The molecule has 0 aromatic heterocycles. The second-order valence-electron chi connectivity index (χ2n) is 6.22. The van der Waals surface area contributed by atoms with E-state index < -0.39 is 12.4 Å². The fourth-order valence-electron chi connectivity index (χ4n) is 2.78. The number of benzene rings is 3. The van der Waals surface area contributed by atoms with Gasteiger partial charge in [-0.25, -0.2) is 4.39 Å². The van der Waals surface area contributed by atoms with Gasteiger partial charge in [-0.2, -0.15) is 8.78 Å². The largest absolute Gasteiger partial charge is 0.493 e. The topological polar surface area (TPSA) is 59.6 Å². The molecule has 0 fully saturated rings. The van der Waals surface area contributed by atoms with Crippen molar-refractivity contribution in [3.8, 4) is 11.5 Å². The number of amides is 1. The zero-order valence-corrected chi connectivity index (χ0v) is 16.0. The van der Waals surface area contributed by atoms with E-state index in [0.717, 1.165) is 5.56 Å². The molecule has 3 aromatic rings. The van der Waals surface area contributed by atoms with Crippen molar-refractivity contribution < 1.29 is 27.4 Å². The highest BCUT2D eigenvalue weighted by Crippen LogP contribution is 2.30. The van der Waals surface area contributed by atoms with Crippen molar-refractivity contribution in [3.63, 3.8) is 0 Å². The average molecular weight is 416 g/mol. The van der Waals surface area contributed by atoms with Crippen LogP contribution in [0, 0.1) is 5.82 Å². The molecule has 30 heavy (non-hydrogen) atoms. The van der Waals surface area contributed by atoms with Gasteiger partial charge in [0.1, 0.15) is 5.82 Å². The van der Waals surface area contributed by atoms with Crippen molar-refractivity contribution in [2.75, 3.05) is 17.7 Å². The Balaban J connectivity index is 1.72. The summed E-state index contributed by atoms with van der Waals surface area (Å²) in [5, 5.41) is 5.87. The molecule has 156 valence electrons. The molecule has 0 atom stereocenters. The fourth-order valence-corrected chi connectivity index (χ4v) is 2.78. The van der Waals surface area contributed by atoms with Gasteiger partial charge in [-0.1, -0.05) is 18.2 Å². The number of para-hydroxylation sites is 1. The molecule has 0 saturated carbocycles. The van der Waals surface area contributed by atoms with Gasteiger partial charge >= 0.3 is 6.61 Å². The summed E-state index contributed by atoms with van der Waals surface area (Å²) < 4.78 is 47.5. The minimum Gasteiger partial charge on any atom is -0.493 e. The molecule has 0 aliphatic carbocycles. The summed E-state index contributed by atoms with van der Waals surface area (Å²) in [6.45, 7) is -2.64. The number of ether oxygens (including phenoxy) is 2. The number of hydrogen-bond acceptors (Lipinski definition) is 4. The Morgan fingerprint density at radius 1 is 1.00 bits per heavy atom. The molecule has 0 bridgehead atoms. The van der Waals surface area contributed by atoms with Gasteiger partial charge in [0.15, 0.2) is 11.5 Å². The maximum absolute atomic E-state index is 13.0. The van der Waals surface area contributed by atoms with Crippen LogP contribution in [0.4, 0.5) is 24.5 Å². The van der Waals surface area contributed by atoms with E-state index in [9.17, 15) is 18.0 Å². The highest BCUT2D eigenvalue weighted by molar-refractivity contribution is 6.08. The SMILES string of the molecule is COc1cc(CNc2ccccc2C(=O)Nc2ccc(F)cc2)ccc1OC(F)F. The third-order valence-electron chi connectivity index (χ3n) is 4.20. The van der Waals surface area contributed by atoms with Crippen LogP contribution in [0.1, 0.15) is 15.9 Å². The van der Waals surface area contributed by atoms with Crippen LogP contribution in [-0.4, -0.2) is 19.6 Å². The molecular weight excluding hydrogens is 397 g/mol. The number of nitrogens with one attached hydrogen (secondary N) is 2. The standard InChI is InChI=1S/C22H19F3N2O3/c1-29-20-12-14(6-11-19(20)30-22(24)25)13-26-18-5-3-2-4-17(18)21(28)27-16-9-7-15(23)8-10-16/h2-12,22,26H,13H2,1H3,(H,27,28). The van der Waals surface area contributed by atoms with Crippen LogP contribution in [-0.2, 0) is 6.54 Å². The van der Waals surface area contributed by atoms with Crippen molar-refractivity contribution in [1.29, 1.82) is 0 Å². The van der Waals surface area contributed by atoms with E-state index in [4.69, 9.17) is 4.74 Å². The lowest BCUT2D eigenvalue weighted by molar-refractivity contribution is -0.0512. The lowest BCUT2D eigenvalue weighted by Crippen LogP contribution is -2.14. The lowest BCUT2D eigenvalue weighted by Gasteiger charge is -2.14. The zero-order valence-electron chi connectivity index (χ0n) is 16.0. The third kappa shape index (κ3) is 5.44. The first-order chi connectivity index (χ1) is 14.5. The summed E-state index contributed by atoms with van der Waals surface area (Å²) in [6.07, 6.45) is 0. The van der Waals surface area contributed by atoms with Crippen LogP contribution in [0.15, 0.2) is 66.7 Å². The molecule has 0 spiro atoms. The Kier molecular flexibility index (Phi) is 6.79. The van der Waals surface area contributed by atoms with Crippen molar-refractivity contribution in [3.05, 3.63) is 83.7 Å². The molecule has 0 aliphatic rings. The number of halogens is 3. The van der Waals surface area contributed by atoms with Gasteiger partial charge in [0.2, 0.25) is 0 Å². The van der Waals surface area contributed by atoms with Crippen LogP contribution < -0.4 is 20.1 Å². The number of anilines is 2. The van der Waals surface area contributed by atoms with Crippen LogP contribution in [0.3, 0.4) is 0 Å². The fraction of sp³-hybridized carbons (Fsp3) is 0.136. The number of carbonyl (C=O) groups excluding carboxylic acids is 1. The van der Waals surface area contributed by atoms with Gasteiger partial charge in [-0.15, -0.1) is 0 Å². The molecular formula is C22H19F3N2O3. The molecule has 8 heteroatoms. The second kappa shape index (κ2) is 9.69. The maximum Gasteiger partial charge on any atom is 0.387 e. The van der Waals surface area contributed by atoms with Crippen molar-refractivity contribution in [2.24, 2.45) is 0 Å². The van der Waals surface area contributed by atoms with Gasteiger partial charge < -0.3 is 20.1 Å². The van der Waals surface area contributed by atoms with Crippen molar-refractivity contribution in [2.45, 2.75) is 13.2 Å². The van der Waals surface area contributed by atoms with Gasteiger partial charge in [-0.05, 0) is 54.1 Å². The molecule has 3 aromatic carbocycles. The second-order valence-corrected chi connectivity index (χ2v) is 6.22. The van der Waals surface area contributed by atoms with Gasteiger partial charge in [0.25, 0.3) is 5.91 Å². The molecule has 1 amide bonds. The van der Waals surface area contributed by atoms with E-state index in [1.165, 1.54) is 37.4 Å².